The Balaban J connectivity index is 3.05. The van der Waals surface area contributed by atoms with Crippen LogP contribution in [0.15, 0.2) is 24.3 Å². The molecule has 180 valence electrons. The summed E-state index contributed by atoms with van der Waals surface area (Å²) in [5.41, 5.74) is 2.79. The molecule has 5 nitrogen and oxygen atoms in total. The van der Waals surface area contributed by atoms with Gasteiger partial charge in [-0.05, 0) is 61.5 Å². The number of carbonyl (C=O) groups is 1. The second-order valence-electron chi connectivity index (χ2n) is 10.7. The first-order valence-corrected chi connectivity index (χ1v) is 14.0. The molecule has 0 fully saturated rings. The van der Waals surface area contributed by atoms with E-state index in [0.29, 0.717) is 35.3 Å². The predicted octanol–water partition coefficient (Wildman–Crippen LogP) is 7.09. The van der Waals surface area contributed by atoms with E-state index in [4.69, 9.17) is 14.4 Å². The van der Waals surface area contributed by atoms with Crippen LogP contribution in [-0.4, -0.2) is 45.1 Å². The number of hydrogen-bond acceptors (Lipinski definition) is 4. The van der Waals surface area contributed by atoms with Crippen molar-refractivity contribution in [2.45, 2.75) is 96.9 Å². The van der Waals surface area contributed by atoms with Crippen molar-refractivity contribution in [3.63, 3.8) is 0 Å². The number of likely N-dealkylation sites (N-methyl/N-ethyl adjacent to an activating group) is 1. The van der Waals surface area contributed by atoms with Crippen molar-refractivity contribution in [2.75, 3.05) is 20.2 Å². The van der Waals surface area contributed by atoms with Gasteiger partial charge in [0.15, 0.2) is 8.32 Å². The molecule has 1 unspecified atom stereocenters. The largest absolute Gasteiger partial charge is 0.444 e. The van der Waals surface area contributed by atoms with E-state index in [2.05, 4.69) is 47.6 Å². The highest BCUT2D eigenvalue weighted by Crippen LogP contribution is 2.42. The van der Waals surface area contributed by atoms with Crippen LogP contribution in [0.4, 0.5) is 4.79 Å². The van der Waals surface area contributed by atoms with Gasteiger partial charge in [0.2, 0.25) is 0 Å². The highest BCUT2D eigenvalue weighted by atomic mass is 28.4. The summed E-state index contributed by atoms with van der Waals surface area (Å²) in [4.78, 5) is 14.2. The number of benzene rings is 1. The molecule has 0 aromatic heterocycles. The summed E-state index contributed by atoms with van der Waals surface area (Å²) in [6.07, 6.45) is 0.479. The molecule has 0 radical (unpaired) electrons. The number of nitrogens with zero attached hydrogens (tertiary/aromatic N) is 2. The Morgan fingerprint density at radius 3 is 1.94 bits per heavy atom. The van der Waals surface area contributed by atoms with Crippen LogP contribution in [0.25, 0.3) is 0 Å². The summed E-state index contributed by atoms with van der Waals surface area (Å²) in [5, 5.41) is 9.15. The van der Waals surface area contributed by atoms with Gasteiger partial charge in [-0.2, -0.15) is 5.26 Å². The summed E-state index contributed by atoms with van der Waals surface area (Å²) in [6.45, 7) is 20.6. The molecule has 0 aliphatic heterocycles. The Morgan fingerprint density at radius 2 is 1.53 bits per heavy atom. The lowest BCUT2D eigenvalue weighted by Crippen LogP contribution is -2.48. The zero-order valence-corrected chi connectivity index (χ0v) is 22.9. The van der Waals surface area contributed by atoms with E-state index < -0.39 is 13.9 Å². The minimum Gasteiger partial charge on any atom is -0.444 e. The van der Waals surface area contributed by atoms with E-state index in [1.807, 2.05) is 45.0 Å². The predicted molar refractivity (Wildman–Crippen MR) is 134 cm³/mol. The van der Waals surface area contributed by atoms with E-state index in [9.17, 15) is 4.79 Å². The lowest BCUT2D eigenvalue weighted by atomic mass is 9.95. The highest BCUT2D eigenvalue weighted by molar-refractivity contribution is 6.77. The molecule has 0 saturated heterocycles. The van der Waals surface area contributed by atoms with Crippen LogP contribution in [0.2, 0.25) is 16.6 Å². The zero-order valence-electron chi connectivity index (χ0n) is 21.9. The Kier molecular flexibility index (Phi) is 10.4. The summed E-state index contributed by atoms with van der Waals surface area (Å²) < 4.78 is 12.3. The van der Waals surface area contributed by atoms with Gasteiger partial charge in [0.1, 0.15) is 5.60 Å². The molecule has 1 aromatic rings. The maximum atomic E-state index is 12.6. The fourth-order valence-corrected chi connectivity index (χ4v) is 10.3. The third-order valence-electron chi connectivity index (χ3n) is 6.24. The SMILES string of the molecule is CC(C)[Si](OCCC(CN(C)C(=O)OC(C)(C)C)c1ccc(C#N)cc1)(C(C)C)C(C)C. The quantitative estimate of drug-likeness (QED) is 0.350. The summed E-state index contributed by atoms with van der Waals surface area (Å²) in [6, 6.07) is 9.83. The Hall–Kier alpha value is -1.84. The molecule has 1 aromatic carbocycles. The molecule has 0 N–H and O–H groups in total. The van der Waals surface area contributed by atoms with Crippen LogP contribution < -0.4 is 0 Å². The number of ether oxygens (including phenoxy) is 1. The van der Waals surface area contributed by atoms with Crippen LogP contribution >= 0.6 is 0 Å². The Bertz CT molecular complexity index is 739. The number of hydrogen-bond donors (Lipinski definition) is 0. The molecule has 6 heteroatoms. The standard InChI is InChI=1S/C26H44N2O3Si/c1-19(2)32(20(3)4,21(5)6)30-16-15-24(23-13-11-22(17-27)12-14-23)18-28(10)25(29)31-26(7,8)9/h11-14,19-21,24H,15-16,18H2,1-10H3. The first-order chi connectivity index (χ1) is 14.7. The van der Waals surface area contributed by atoms with Crippen molar-refractivity contribution < 1.29 is 14.0 Å². The maximum absolute atomic E-state index is 12.6. The fraction of sp³-hybridized carbons (Fsp3) is 0.692. The monoisotopic (exact) mass is 460 g/mol. The van der Waals surface area contributed by atoms with Gasteiger partial charge < -0.3 is 14.1 Å². The molecule has 0 saturated carbocycles. The van der Waals surface area contributed by atoms with E-state index in [1.165, 1.54) is 0 Å². The van der Waals surface area contributed by atoms with Crippen molar-refractivity contribution in [1.82, 2.24) is 4.90 Å². The normalized spacial score (nSPS) is 13.4. The molecule has 1 amide bonds. The van der Waals surface area contributed by atoms with Gasteiger partial charge in [-0.3, -0.25) is 0 Å². The Labute approximate surface area is 197 Å². The Morgan fingerprint density at radius 1 is 1.03 bits per heavy atom. The van der Waals surface area contributed by atoms with Crippen LogP contribution in [0, 0.1) is 11.3 Å². The van der Waals surface area contributed by atoms with Crippen LogP contribution in [0.1, 0.15) is 85.8 Å². The number of rotatable bonds is 10. The van der Waals surface area contributed by atoms with E-state index in [0.717, 1.165) is 12.0 Å². The second kappa shape index (κ2) is 11.9. The molecule has 0 spiro atoms. The minimum absolute atomic E-state index is 0.0958. The molecule has 1 rings (SSSR count). The van der Waals surface area contributed by atoms with Crippen LogP contribution in [0.5, 0.6) is 0 Å². The highest BCUT2D eigenvalue weighted by Gasteiger charge is 2.45. The van der Waals surface area contributed by atoms with Gasteiger partial charge in [0.25, 0.3) is 0 Å². The number of carbonyl (C=O) groups excluding carboxylic acids is 1. The second-order valence-corrected chi connectivity index (χ2v) is 16.2. The summed E-state index contributed by atoms with van der Waals surface area (Å²) in [5.74, 6) is 0.0958. The van der Waals surface area contributed by atoms with Crippen LogP contribution in [0.3, 0.4) is 0 Å². The summed E-state index contributed by atoms with van der Waals surface area (Å²) in [7, 11) is -0.173. The van der Waals surface area contributed by atoms with Crippen molar-refractivity contribution in [2.24, 2.45) is 0 Å². The summed E-state index contributed by atoms with van der Waals surface area (Å²) >= 11 is 0. The van der Waals surface area contributed by atoms with Gasteiger partial charge >= 0.3 is 6.09 Å². The van der Waals surface area contributed by atoms with Crippen molar-refractivity contribution >= 4 is 14.4 Å². The van der Waals surface area contributed by atoms with E-state index in [-0.39, 0.29) is 12.0 Å². The van der Waals surface area contributed by atoms with E-state index in [1.54, 1.807) is 11.9 Å². The van der Waals surface area contributed by atoms with Gasteiger partial charge in [-0.25, -0.2) is 4.79 Å². The fourth-order valence-electron chi connectivity index (χ4n) is 4.82. The molecule has 0 bridgehead atoms. The number of amides is 1. The molecule has 0 heterocycles. The van der Waals surface area contributed by atoms with Crippen LogP contribution in [-0.2, 0) is 9.16 Å². The maximum Gasteiger partial charge on any atom is 0.410 e. The molecule has 32 heavy (non-hydrogen) atoms. The zero-order chi connectivity index (χ0) is 24.7. The lowest BCUT2D eigenvalue weighted by Gasteiger charge is -2.42. The molecule has 0 aliphatic rings. The van der Waals surface area contributed by atoms with Crippen molar-refractivity contribution in [1.29, 1.82) is 5.26 Å². The molecule has 1 atom stereocenters. The first-order valence-electron chi connectivity index (χ1n) is 11.8. The van der Waals surface area contributed by atoms with Gasteiger partial charge in [0.05, 0.1) is 11.6 Å². The van der Waals surface area contributed by atoms with Crippen molar-refractivity contribution in [3.8, 4) is 6.07 Å². The third kappa shape index (κ3) is 7.63. The smallest absolute Gasteiger partial charge is 0.410 e. The number of nitriles is 1. The minimum atomic E-state index is -1.95. The third-order valence-corrected chi connectivity index (χ3v) is 12.4. The average Bonchev–Trinajstić information content (AvgIpc) is 2.68. The molecular weight excluding hydrogens is 416 g/mol. The topological polar surface area (TPSA) is 62.6 Å². The molecular formula is C26H44N2O3Si. The first kappa shape index (κ1) is 28.2. The molecule has 0 aliphatic carbocycles. The van der Waals surface area contributed by atoms with Gasteiger partial charge in [0, 0.05) is 26.1 Å². The lowest BCUT2D eigenvalue weighted by molar-refractivity contribution is 0.0284. The average molecular weight is 461 g/mol. The van der Waals surface area contributed by atoms with E-state index >= 15 is 0 Å². The van der Waals surface area contributed by atoms with Crippen molar-refractivity contribution in [3.05, 3.63) is 35.4 Å². The van der Waals surface area contributed by atoms with Gasteiger partial charge in [-0.15, -0.1) is 0 Å². The van der Waals surface area contributed by atoms with Gasteiger partial charge in [-0.1, -0.05) is 53.7 Å².